The number of nitrogens with zero attached hydrogens (tertiary/aromatic N) is 2. The molecule has 0 spiro atoms. The first-order chi connectivity index (χ1) is 9.59. The number of aryl methyl sites for hydroxylation is 1. The lowest BCUT2D eigenvalue weighted by molar-refractivity contribution is 0.0696. The van der Waals surface area contributed by atoms with Crippen LogP contribution in [0.1, 0.15) is 21.7 Å². The van der Waals surface area contributed by atoms with E-state index < -0.39 is 5.97 Å². The van der Waals surface area contributed by atoms with Gasteiger partial charge in [0.15, 0.2) is 0 Å². The minimum atomic E-state index is -0.900. The molecule has 0 aliphatic rings. The first kappa shape index (κ1) is 12.4. The summed E-state index contributed by atoms with van der Waals surface area (Å²) in [4.78, 5) is 15.6. The number of carboxylic acid groups (broad SMARTS) is 1. The lowest BCUT2D eigenvalue weighted by Gasteiger charge is -2.12. The Bertz CT molecular complexity index is 813. The summed E-state index contributed by atoms with van der Waals surface area (Å²) in [6.45, 7) is 3.74. The Kier molecular flexibility index (Phi) is 2.79. The van der Waals surface area contributed by atoms with Gasteiger partial charge in [-0.1, -0.05) is 6.07 Å². The van der Waals surface area contributed by atoms with Gasteiger partial charge in [0.25, 0.3) is 0 Å². The minimum absolute atomic E-state index is 0.336. The fraction of sp³-hybridized carbons (Fsp3) is 0.125. The van der Waals surface area contributed by atoms with Gasteiger partial charge >= 0.3 is 5.97 Å². The van der Waals surface area contributed by atoms with E-state index in [9.17, 15) is 9.90 Å². The maximum absolute atomic E-state index is 11.3. The molecular formula is C16H14N2O2. The molecule has 0 radical (unpaired) electrons. The van der Waals surface area contributed by atoms with Crippen LogP contribution in [0.2, 0.25) is 0 Å². The number of carboxylic acids is 1. The van der Waals surface area contributed by atoms with Gasteiger partial charge in [-0.15, -0.1) is 0 Å². The van der Waals surface area contributed by atoms with Gasteiger partial charge in [0.1, 0.15) is 0 Å². The van der Waals surface area contributed by atoms with E-state index in [2.05, 4.69) is 4.98 Å². The highest BCUT2D eigenvalue weighted by molar-refractivity contribution is 5.91. The van der Waals surface area contributed by atoms with Gasteiger partial charge in [-0.05, 0) is 44.2 Å². The topological polar surface area (TPSA) is 55.1 Å². The average molecular weight is 266 g/mol. The SMILES string of the molecule is Cc1cc(C(=O)O)c(C)n1-c1cccc2ncccc12. The zero-order valence-electron chi connectivity index (χ0n) is 11.3. The normalized spacial score (nSPS) is 10.9. The summed E-state index contributed by atoms with van der Waals surface area (Å²) in [6, 6.07) is 11.5. The zero-order valence-corrected chi connectivity index (χ0v) is 11.3. The maximum atomic E-state index is 11.3. The van der Waals surface area contributed by atoms with Gasteiger partial charge in [0.2, 0.25) is 0 Å². The van der Waals surface area contributed by atoms with Crippen molar-refractivity contribution in [3.8, 4) is 5.69 Å². The van der Waals surface area contributed by atoms with Crippen LogP contribution in [0.4, 0.5) is 0 Å². The van der Waals surface area contributed by atoms with Gasteiger partial charge in [-0.2, -0.15) is 0 Å². The summed E-state index contributed by atoms with van der Waals surface area (Å²) in [5, 5.41) is 10.2. The number of fused-ring (bicyclic) bond motifs is 1. The molecule has 0 aliphatic carbocycles. The van der Waals surface area contributed by atoms with Crippen LogP contribution >= 0.6 is 0 Å². The monoisotopic (exact) mass is 266 g/mol. The van der Waals surface area contributed by atoms with Crippen molar-refractivity contribution in [3.05, 3.63) is 59.5 Å². The number of rotatable bonds is 2. The summed E-state index contributed by atoms with van der Waals surface area (Å²) in [5.41, 5.74) is 3.82. The quantitative estimate of drug-likeness (QED) is 0.774. The van der Waals surface area contributed by atoms with Crippen molar-refractivity contribution in [2.75, 3.05) is 0 Å². The summed E-state index contributed by atoms with van der Waals surface area (Å²) in [6.07, 6.45) is 1.75. The number of hydrogen-bond donors (Lipinski definition) is 1. The Morgan fingerprint density at radius 3 is 2.70 bits per heavy atom. The van der Waals surface area contributed by atoms with Crippen molar-refractivity contribution in [1.82, 2.24) is 9.55 Å². The summed E-state index contributed by atoms with van der Waals surface area (Å²) < 4.78 is 1.97. The number of pyridine rings is 1. The van der Waals surface area contributed by atoms with Gasteiger partial charge in [0.05, 0.1) is 16.8 Å². The molecule has 4 nitrogen and oxygen atoms in total. The fourth-order valence-corrected chi connectivity index (χ4v) is 2.63. The molecule has 0 atom stereocenters. The molecule has 1 N–H and O–H groups in total. The molecule has 4 heteroatoms. The van der Waals surface area contributed by atoms with Crippen LogP contribution in [-0.4, -0.2) is 20.6 Å². The molecule has 0 amide bonds. The highest BCUT2D eigenvalue weighted by Crippen LogP contribution is 2.26. The molecule has 1 aromatic carbocycles. The lowest BCUT2D eigenvalue weighted by atomic mass is 10.1. The van der Waals surface area contributed by atoms with Crippen LogP contribution in [0, 0.1) is 13.8 Å². The minimum Gasteiger partial charge on any atom is -0.478 e. The van der Waals surface area contributed by atoms with E-state index in [1.54, 1.807) is 12.3 Å². The molecule has 0 aliphatic heterocycles. The molecule has 2 heterocycles. The van der Waals surface area contributed by atoms with Gasteiger partial charge in [-0.25, -0.2) is 4.79 Å². The predicted molar refractivity (Wildman–Crippen MR) is 77.5 cm³/mol. The summed E-state index contributed by atoms with van der Waals surface area (Å²) >= 11 is 0. The first-order valence-electron chi connectivity index (χ1n) is 6.36. The fourth-order valence-electron chi connectivity index (χ4n) is 2.63. The molecule has 20 heavy (non-hydrogen) atoms. The largest absolute Gasteiger partial charge is 0.478 e. The van der Waals surface area contributed by atoms with Crippen LogP contribution in [0.15, 0.2) is 42.6 Å². The van der Waals surface area contributed by atoms with Crippen LogP contribution < -0.4 is 0 Å². The number of carbonyl (C=O) groups is 1. The van der Waals surface area contributed by atoms with E-state index in [0.29, 0.717) is 5.56 Å². The van der Waals surface area contributed by atoms with E-state index in [0.717, 1.165) is 28.0 Å². The Balaban J connectivity index is 2.34. The molecular weight excluding hydrogens is 252 g/mol. The highest BCUT2D eigenvalue weighted by Gasteiger charge is 2.16. The average Bonchev–Trinajstić information content (AvgIpc) is 2.74. The maximum Gasteiger partial charge on any atom is 0.337 e. The van der Waals surface area contributed by atoms with Crippen molar-refractivity contribution in [3.63, 3.8) is 0 Å². The van der Waals surface area contributed by atoms with E-state index in [1.165, 1.54) is 0 Å². The number of aromatic nitrogens is 2. The first-order valence-corrected chi connectivity index (χ1v) is 6.36. The van der Waals surface area contributed by atoms with Crippen LogP contribution in [0.3, 0.4) is 0 Å². The Morgan fingerprint density at radius 2 is 2.00 bits per heavy atom. The van der Waals surface area contributed by atoms with Gasteiger partial charge in [0, 0.05) is 23.0 Å². The third-order valence-electron chi connectivity index (χ3n) is 3.53. The molecule has 3 rings (SSSR count). The molecule has 0 saturated heterocycles. The molecule has 3 aromatic rings. The van der Waals surface area contributed by atoms with Crippen molar-refractivity contribution in [1.29, 1.82) is 0 Å². The number of aromatic carboxylic acids is 1. The molecule has 0 bridgehead atoms. The third-order valence-corrected chi connectivity index (χ3v) is 3.53. The Hall–Kier alpha value is -2.62. The predicted octanol–water partition coefficient (Wildman–Crippen LogP) is 3.34. The van der Waals surface area contributed by atoms with Crippen molar-refractivity contribution in [2.24, 2.45) is 0 Å². The van der Waals surface area contributed by atoms with E-state index in [-0.39, 0.29) is 0 Å². The van der Waals surface area contributed by atoms with E-state index >= 15 is 0 Å². The second-order valence-corrected chi connectivity index (χ2v) is 4.77. The molecule has 0 saturated carbocycles. The second kappa shape index (κ2) is 4.49. The zero-order chi connectivity index (χ0) is 14.3. The lowest BCUT2D eigenvalue weighted by Crippen LogP contribution is -2.03. The standard InChI is InChI=1S/C16H14N2O2/c1-10-9-13(16(19)20)11(2)18(10)15-7-3-6-14-12(15)5-4-8-17-14/h3-9H,1-2H3,(H,19,20). The third kappa shape index (κ3) is 1.77. The van der Waals surface area contributed by atoms with Crippen LogP contribution in [0.5, 0.6) is 0 Å². The molecule has 0 fully saturated rings. The second-order valence-electron chi connectivity index (χ2n) is 4.77. The van der Waals surface area contributed by atoms with Gasteiger partial charge < -0.3 is 9.67 Å². The van der Waals surface area contributed by atoms with Crippen molar-refractivity contribution < 1.29 is 9.90 Å². The van der Waals surface area contributed by atoms with Crippen LogP contribution in [-0.2, 0) is 0 Å². The highest BCUT2D eigenvalue weighted by atomic mass is 16.4. The summed E-state index contributed by atoms with van der Waals surface area (Å²) in [5.74, 6) is -0.900. The number of hydrogen-bond acceptors (Lipinski definition) is 2. The molecule has 0 unspecified atom stereocenters. The Labute approximate surface area is 116 Å². The van der Waals surface area contributed by atoms with E-state index in [4.69, 9.17) is 0 Å². The molecule has 100 valence electrons. The Morgan fingerprint density at radius 1 is 1.20 bits per heavy atom. The number of benzene rings is 1. The van der Waals surface area contributed by atoms with Crippen molar-refractivity contribution >= 4 is 16.9 Å². The van der Waals surface area contributed by atoms with E-state index in [1.807, 2.05) is 48.7 Å². The van der Waals surface area contributed by atoms with Crippen LogP contribution in [0.25, 0.3) is 16.6 Å². The van der Waals surface area contributed by atoms with Crippen molar-refractivity contribution in [2.45, 2.75) is 13.8 Å². The molecule has 2 aromatic heterocycles. The smallest absolute Gasteiger partial charge is 0.337 e. The summed E-state index contributed by atoms with van der Waals surface area (Å²) in [7, 11) is 0. The van der Waals surface area contributed by atoms with Gasteiger partial charge in [-0.3, -0.25) is 4.98 Å².